The molecule has 0 radical (unpaired) electrons. The third-order valence-electron chi connectivity index (χ3n) is 3.96. The Labute approximate surface area is 155 Å². The van der Waals surface area contributed by atoms with Crippen molar-refractivity contribution in [2.75, 3.05) is 31.6 Å². The minimum atomic E-state index is -3.62. The summed E-state index contributed by atoms with van der Waals surface area (Å²) in [4.78, 5) is 24.0. The van der Waals surface area contributed by atoms with Crippen LogP contribution in [0.15, 0.2) is 40.6 Å². The Hall–Kier alpha value is -2.07. The van der Waals surface area contributed by atoms with Gasteiger partial charge in [0.1, 0.15) is 0 Å². The summed E-state index contributed by atoms with van der Waals surface area (Å²) in [6.45, 7) is 2.82. The topological polar surface area (TPSA) is 92.8 Å². The minimum Gasteiger partial charge on any atom is -0.379 e. The van der Waals surface area contributed by atoms with Crippen molar-refractivity contribution < 1.29 is 22.7 Å². The summed E-state index contributed by atoms with van der Waals surface area (Å²) >= 11 is 1.07. The zero-order chi connectivity index (χ0) is 18.7. The number of sulfonamides is 1. The first-order valence-corrected chi connectivity index (χ1v) is 10.3. The number of nitrogens with zero attached hydrogens (tertiary/aromatic N) is 1. The maximum atomic E-state index is 12.6. The zero-order valence-corrected chi connectivity index (χ0v) is 15.7. The molecule has 1 aromatic heterocycles. The molecule has 138 valence electrons. The maximum absolute atomic E-state index is 12.6. The summed E-state index contributed by atoms with van der Waals surface area (Å²) < 4.78 is 31.7. The predicted molar refractivity (Wildman–Crippen MR) is 98.3 cm³/mol. The van der Waals surface area contributed by atoms with Crippen molar-refractivity contribution >= 4 is 38.7 Å². The minimum absolute atomic E-state index is 0.0564. The van der Waals surface area contributed by atoms with Crippen molar-refractivity contribution in [3.63, 3.8) is 0 Å². The lowest BCUT2D eigenvalue weighted by Crippen LogP contribution is -2.40. The monoisotopic (exact) mass is 394 g/mol. The van der Waals surface area contributed by atoms with E-state index < -0.39 is 15.9 Å². The normalized spacial score (nSPS) is 15.6. The van der Waals surface area contributed by atoms with Crippen LogP contribution in [-0.4, -0.2) is 50.7 Å². The van der Waals surface area contributed by atoms with Crippen molar-refractivity contribution in [2.45, 2.75) is 11.8 Å². The molecule has 0 atom stereocenters. The molecular weight excluding hydrogens is 376 g/mol. The number of ketones is 1. The van der Waals surface area contributed by atoms with Crippen LogP contribution in [0.2, 0.25) is 0 Å². The van der Waals surface area contributed by atoms with E-state index in [0.29, 0.717) is 42.4 Å². The number of carbonyl (C=O) groups excluding carboxylic acids is 2. The number of hydrogen-bond acceptors (Lipinski definition) is 6. The molecule has 3 rings (SSSR count). The van der Waals surface area contributed by atoms with Crippen molar-refractivity contribution in [2.24, 2.45) is 0 Å². The molecule has 1 fully saturated rings. The molecule has 1 saturated heterocycles. The fourth-order valence-electron chi connectivity index (χ4n) is 2.49. The number of benzene rings is 1. The Kier molecular flexibility index (Phi) is 5.52. The van der Waals surface area contributed by atoms with Crippen molar-refractivity contribution in [1.82, 2.24) is 4.31 Å². The number of carbonyl (C=O) groups is 2. The van der Waals surface area contributed by atoms with Crippen LogP contribution in [0.25, 0.3) is 0 Å². The number of morpholine rings is 1. The molecule has 1 aliphatic rings. The number of amides is 1. The lowest BCUT2D eigenvalue weighted by molar-refractivity contribution is 0.0730. The van der Waals surface area contributed by atoms with E-state index >= 15 is 0 Å². The molecule has 1 aliphatic heterocycles. The third kappa shape index (κ3) is 4.01. The Morgan fingerprint density at radius 2 is 1.81 bits per heavy atom. The first kappa shape index (κ1) is 18.7. The number of thiophene rings is 1. The second-order valence-electron chi connectivity index (χ2n) is 5.75. The smallest absolute Gasteiger partial charge is 0.265 e. The van der Waals surface area contributed by atoms with E-state index in [4.69, 9.17) is 4.74 Å². The van der Waals surface area contributed by atoms with Crippen LogP contribution in [0.5, 0.6) is 0 Å². The molecule has 0 unspecified atom stereocenters. The van der Waals surface area contributed by atoms with E-state index in [1.807, 2.05) is 0 Å². The van der Waals surface area contributed by atoms with Gasteiger partial charge in [0, 0.05) is 29.7 Å². The maximum Gasteiger partial charge on any atom is 0.265 e. The first-order chi connectivity index (χ1) is 12.4. The number of hydrogen-bond donors (Lipinski definition) is 1. The van der Waals surface area contributed by atoms with Gasteiger partial charge in [-0.3, -0.25) is 9.59 Å². The van der Waals surface area contributed by atoms with Gasteiger partial charge in [-0.15, -0.1) is 11.3 Å². The molecule has 0 bridgehead atoms. The molecule has 0 spiro atoms. The Balaban J connectivity index is 1.72. The third-order valence-corrected chi connectivity index (χ3v) is 6.91. The molecule has 1 amide bonds. The molecule has 0 saturated carbocycles. The van der Waals surface area contributed by atoms with Crippen LogP contribution in [0, 0.1) is 0 Å². The highest BCUT2D eigenvalue weighted by molar-refractivity contribution is 7.89. The molecule has 2 aromatic rings. The van der Waals surface area contributed by atoms with Crippen LogP contribution in [-0.2, 0) is 14.8 Å². The quantitative estimate of drug-likeness (QED) is 0.785. The standard InChI is InChI=1S/C17H18N2O5S2/c1-12(20)13-2-4-14(5-3-13)18-17(21)16-10-15(11-25-16)26(22,23)19-6-8-24-9-7-19/h2-5,10-11H,6-9H2,1H3,(H,18,21). The SMILES string of the molecule is CC(=O)c1ccc(NC(=O)c2cc(S(=O)(=O)N3CCOCC3)cs2)cc1. The van der Waals surface area contributed by atoms with Gasteiger partial charge in [-0.2, -0.15) is 4.31 Å². The van der Waals surface area contributed by atoms with Crippen LogP contribution in [0.1, 0.15) is 27.0 Å². The molecular formula is C17H18N2O5S2. The van der Waals surface area contributed by atoms with Gasteiger partial charge >= 0.3 is 0 Å². The van der Waals surface area contributed by atoms with E-state index in [-0.39, 0.29) is 10.7 Å². The van der Waals surface area contributed by atoms with E-state index in [9.17, 15) is 18.0 Å². The van der Waals surface area contributed by atoms with E-state index in [2.05, 4.69) is 5.32 Å². The fourth-order valence-corrected chi connectivity index (χ4v) is 5.05. The van der Waals surface area contributed by atoms with Crippen molar-refractivity contribution in [1.29, 1.82) is 0 Å². The van der Waals surface area contributed by atoms with E-state index in [0.717, 1.165) is 11.3 Å². The second kappa shape index (κ2) is 7.67. The number of Topliss-reactive ketones (excluding diaryl/α,β-unsaturated/α-hetero) is 1. The highest BCUT2D eigenvalue weighted by Crippen LogP contribution is 2.24. The van der Waals surface area contributed by atoms with E-state index in [1.165, 1.54) is 22.7 Å². The van der Waals surface area contributed by atoms with Gasteiger partial charge in [0.25, 0.3) is 5.91 Å². The Morgan fingerprint density at radius 3 is 2.42 bits per heavy atom. The molecule has 26 heavy (non-hydrogen) atoms. The Bertz CT molecular complexity index is 913. The summed E-state index contributed by atoms with van der Waals surface area (Å²) in [6.07, 6.45) is 0. The van der Waals surface area contributed by atoms with Gasteiger partial charge in [-0.05, 0) is 37.3 Å². The summed E-state index contributed by atoms with van der Waals surface area (Å²) in [7, 11) is -3.62. The number of anilines is 1. The van der Waals surface area contributed by atoms with Gasteiger partial charge in [-0.1, -0.05) is 0 Å². The lowest BCUT2D eigenvalue weighted by Gasteiger charge is -2.25. The highest BCUT2D eigenvalue weighted by Gasteiger charge is 2.28. The highest BCUT2D eigenvalue weighted by atomic mass is 32.2. The van der Waals surface area contributed by atoms with Gasteiger partial charge in [0.2, 0.25) is 10.0 Å². The molecule has 1 aromatic carbocycles. The summed E-state index contributed by atoms with van der Waals surface area (Å²) in [5.74, 6) is -0.451. The average Bonchev–Trinajstić information content (AvgIpc) is 3.14. The molecule has 2 heterocycles. The van der Waals surface area contributed by atoms with Crippen molar-refractivity contribution in [3.05, 3.63) is 46.2 Å². The van der Waals surface area contributed by atoms with Gasteiger partial charge in [-0.25, -0.2) is 8.42 Å². The van der Waals surface area contributed by atoms with E-state index in [1.54, 1.807) is 24.3 Å². The molecule has 1 N–H and O–H groups in total. The molecule has 0 aliphatic carbocycles. The summed E-state index contributed by atoms with van der Waals surface area (Å²) in [5, 5.41) is 4.17. The van der Waals surface area contributed by atoms with Gasteiger partial charge in [0.05, 0.1) is 23.0 Å². The summed E-state index contributed by atoms with van der Waals surface area (Å²) in [5.41, 5.74) is 1.09. The fraction of sp³-hybridized carbons (Fsp3) is 0.294. The Morgan fingerprint density at radius 1 is 1.15 bits per heavy atom. The zero-order valence-electron chi connectivity index (χ0n) is 14.1. The predicted octanol–water partition coefficient (Wildman–Crippen LogP) is 2.22. The largest absolute Gasteiger partial charge is 0.379 e. The van der Waals surface area contributed by atoms with Crippen LogP contribution in [0.4, 0.5) is 5.69 Å². The number of rotatable bonds is 5. The van der Waals surface area contributed by atoms with Crippen molar-refractivity contribution in [3.8, 4) is 0 Å². The van der Waals surface area contributed by atoms with Gasteiger partial charge in [0.15, 0.2) is 5.78 Å². The van der Waals surface area contributed by atoms with Crippen LogP contribution in [0.3, 0.4) is 0 Å². The molecule has 9 heteroatoms. The van der Waals surface area contributed by atoms with Crippen LogP contribution < -0.4 is 5.32 Å². The number of nitrogens with one attached hydrogen (secondary N) is 1. The second-order valence-corrected chi connectivity index (χ2v) is 8.60. The average molecular weight is 394 g/mol. The summed E-state index contributed by atoms with van der Waals surface area (Å²) in [6, 6.07) is 7.90. The molecule has 7 nitrogen and oxygen atoms in total. The van der Waals surface area contributed by atoms with Crippen LogP contribution >= 0.6 is 11.3 Å². The lowest BCUT2D eigenvalue weighted by atomic mass is 10.1. The number of ether oxygens (including phenoxy) is 1. The first-order valence-electron chi connectivity index (χ1n) is 7.97. The van der Waals surface area contributed by atoms with Gasteiger partial charge < -0.3 is 10.1 Å².